The van der Waals surface area contributed by atoms with Crippen LogP contribution < -0.4 is 15.8 Å². The van der Waals surface area contributed by atoms with Crippen molar-refractivity contribution in [2.24, 2.45) is 0 Å². The van der Waals surface area contributed by atoms with E-state index in [2.05, 4.69) is 20.2 Å². The van der Waals surface area contributed by atoms with E-state index in [1.165, 1.54) is 17.3 Å². The van der Waals surface area contributed by atoms with Crippen molar-refractivity contribution in [3.8, 4) is 0 Å². The lowest BCUT2D eigenvalue weighted by Crippen LogP contribution is -2.50. The van der Waals surface area contributed by atoms with E-state index in [0.29, 0.717) is 24.0 Å². The number of piperidine rings is 1. The highest BCUT2D eigenvalue weighted by atomic mass is 32.2. The molecule has 3 rings (SSSR count). The van der Waals surface area contributed by atoms with Crippen molar-refractivity contribution in [2.45, 2.75) is 58.5 Å². The maximum absolute atomic E-state index is 14.8. The summed E-state index contributed by atoms with van der Waals surface area (Å²) in [6, 6.07) is 1.75. The van der Waals surface area contributed by atoms with E-state index in [1.54, 1.807) is 19.9 Å². The van der Waals surface area contributed by atoms with E-state index in [1.807, 2.05) is 6.92 Å². The van der Waals surface area contributed by atoms with Crippen LogP contribution in [-0.2, 0) is 15.0 Å². The topological polar surface area (TPSA) is 137 Å². The third kappa shape index (κ3) is 5.25. The molecular weight excluding hydrogens is 441 g/mol. The SMILES string of the molecule is CC(=O)NC1CCN(S(=O)(=O)N[C@H](c2n[nH]c(=O)o2)[C@@H](C)c2c(F)ccc(C)c2C)CC1. The fourth-order valence-corrected chi connectivity index (χ4v) is 5.50. The van der Waals surface area contributed by atoms with Crippen LogP contribution in [0.1, 0.15) is 61.2 Å². The van der Waals surface area contributed by atoms with Crippen molar-refractivity contribution in [3.05, 3.63) is 51.1 Å². The molecule has 0 spiro atoms. The fourth-order valence-electron chi connectivity index (χ4n) is 4.03. The number of hydrogen-bond donors (Lipinski definition) is 3. The van der Waals surface area contributed by atoms with E-state index in [4.69, 9.17) is 4.42 Å². The summed E-state index contributed by atoms with van der Waals surface area (Å²) in [6.07, 6.45) is 0.924. The van der Waals surface area contributed by atoms with Gasteiger partial charge in [0.25, 0.3) is 10.2 Å². The Bertz CT molecular complexity index is 1140. The summed E-state index contributed by atoms with van der Waals surface area (Å²) in [5.41, 5.74) is 1.83. The van der Waals surface area contributed by atoms with Crippen LogP contribution in [0.4, 0.5) is 4.39 Å². The molecule has 2 aromatic rings. The Morgan fingerprint density at radius 1 is 1.31 bits per heavy atom. The highest BCUT2D eigenvalue weighted by Gasteiger charge is 2.36. The molecule has 0 unspecified atom stereocenters. The number of amides is 1. The quantitative estimate of drug-likeness (QED) is 0.561. The number of rotatable bonds is 7. The summed E-state index contributed by atoms with van der Waals surface area (Å²) in [6.45, 7) is 7.05. The first-order chi connectivity index (χ1) is 15.0. The van der Waals surface area contributed by atoms with Crippen LogP contribution in [0.25, 0.3) is 0 Å². The van der Waals surface area contributed by atoms with Gasteiger partial charge < -0.3 is 9.73 Å². The van der Waals surface area contributed by atoms with Gasteiger partial charge in [0.05, 0.1) is 0 Å². The van der Waals surface area contributed by atoms with Gasteiger partial charge in [-0.05, 0) is 49.4 Å². The number of H-pyrrole nitrogens is 1. The summed E-state index contributed by atoms with van der Waals surface area (Å²) in [5.74, 6) is -2.40. The molecule has 0 aliphatic carbocycles. The first-order valence-corrected chi connectivity index (χ1v) is 11.8. The molecule has 3 N–H and O–H groups in total. The molecule has 1 aromatic carbocycles. The van der Waals surface area contributed by atoms with E-state index in [9.17, 15) is 22.4 Å². The molecule has 0 radical (unpaired) electrons. The number of aromatic amines is 1. The van der Waals surface area contributed by atoms with Gasteiger partial charge in [-0.25, -0.2) is 14.3 Å². The number of aromatic nitrogens is 2. The fraction of sp³-hybridized carbons (Fsp3) is 0.550. The molecule has 1 aliphatic heterocycles. The van der Waals surface area contributed by atoms with Gasteiger partial charge in [0.15, 0.2) is 0 Å². The zero-order valence-corrected chi connectivity index (χ0v) is 19.3. The molecule has 176 valence electrons. The van der Waals surface area contributed by atoms with Gasteiger partial charge in [-0.3, -0.25) is 4.79 Å². The van der Waals surface area contributed by atoms with Gasteiger partial charge in [0.2, 0.25) is 11.8 Å². The third-order valence-electron chi connectivity index (χ3n) is 5.89. The van der Waals surface area contributed by atoms with Crippen LogP contribution in [0.3, 0.4) is 0 Å². The van der Waals surface area contributed by atoms with Gasteiger partial charge in [-0.1, -0.05) is 13.0 Å². The molecular formula is C20H28FN5O5S. The van der Waals surface area contributed by atoms with Crippen molar-refractivity contribution in [2.75, 3.05) is 13.1 Å². The summed E-state index contributed by atoms with van der Waals surface area (Å²) in [5, 5.41) is 8.72. The number of carbonyl (C=O) groups is 1. The van der Waals surface area contributed by atoms with Crippen LogP contribution in [0.15, 0.2) is 21.3 Å². The predicted octanol–water partition coefficient (Wildman–Crippen LogP) is 1.40. The maximum atomic E-state index is 14.8. The molecule has 1 fully saturated rings. The van der Waals surface area contributed by atoms with E-state index < -0.39 is 33.7 Å². The maximum Gasteiger partial charge on any atom is 0.434 e. The number of aryl methyl sites for hydroxylation is 1. The molecule has 12 heteroatoms. The molecule has 0 saturated carbocycles. The Balaban J connectivity index is 1.89. The predicted molar refractivity (Wildman–Crippen MR) is 115 cm³/mol. The van der Waals surface area contributed by atoms with Gasteiger partial charge in [-0.15, -0.1) is 5.10 Å². The van der Waals surface area contributed by atoms with Crippen molar-refractivity contribution in [1.29, 1.82) is 0 Å². The van der Waals surface area contributed by atoms with Crippen LogP contribution in [0.5, 0.6) is 0 Å². The summed E-state index contributed by atoms with van der Waals surface area (Å²) in [4.78, 5) is 22.8. The van der Waals surface area contributed by atoms with Crippen LogP contribution in [-0.4, -0.2) is 48.0 Å². The standard InChI is InChI=1S/C20H28FN5O5S/c1-11-5-6-16(21)17(12(11)2)13(3)18(19-23-24-20(28)31-19)25-32(29,30)26-9-7-15(8-10-26)22-14(4)27/h5-6,13,15,18,25H,7-10H2,1-4H3,(H,22,27)(H,24,28)/t13-,18-/m0/s1. The van der Waals surface area contributed by atoms with E-state index in [0.717, 1.165) is 5.56 Å². The minimum atomic E-state index is -4.03. The highest BCUT2D eigenvalue weighted by molar-refractivity contribution is 7.87. The normalized spacial score (nSPS) is 17.8. The lowest BCUT2D eigenvalue weighted by molar-refractivity contribution is -0.119. The number of nitrogens with one attached hydrogen (secondary N) is 3. The van der Waals surface area contributed by atoms with E-state index >= 15 is 0 Å². The molecule has 0 bridgehead atoms. The van der Waals surface area contributed by atoms with Crippen molar-refractivity contribution in [1.82, 2.24) is 24.5 Å². The molecule has 32 heavy (non-hydrogen) atoms. The smallest absolute Gasteiger partial charge is 0.391 e. The molecule has 1 saturated heterocycles. The van der Waals surface area contributed by atoms with Crippen LogP contribution >= 0.6 is 0 Å². The zero-order valence-electron chi connectivity index (χ0n) is 18.4. The Hall–Kier alpha value is -2.57. The minimum Gasteiger partial charge on any atom is -0.391 e. The van der Waals surface area contributed by atoms with E-state index in [-0.39, 0.29) is 30.9 Å². The van der Waals surface area contributed by atoms with Gasteiger partial charge in [0, 0.05) is 32.0 Å². The second kappa shape index (κ2) is 9.51. The first kappa shape index (κ1) is 24.1. The van der Waals surface area contributed by atoms with Crippen LogP contribution in [0, 0.1) is 19.7 Å². The summed E-state index contributed by atoms with van der Waals surface area (Å²) < 4.78 is 49.9. The Labute approximate surface area is 185 Å². The number of benzene rings is 1. The third-order valence-corrected chi connectivity index (χ3v) is 7.48. The Morgan fingerprint density at radius 3 is 2.53 bits per heavy atom. The average molecular weight is 470 g/mol. The Kier molecular flexibility index (Phi) is 7.16. The average Bonchev–Trinajstić information content (AvgIpc) is 3.15. The molecule has 10 nitrogen and oxygen atoms in total. The molecule has 2 atom stereocenters. The first-order valence-electron chi connectivity index (χ1n) is 10.3. The lowest BCUT2D eigenvalue weighted by atomic mass is 9.88. The monoisotopic (exact) mass is 469 g/mol. The number of halogens is 1. The largest absolute Gasteiger partial charge is 0.434 e. The number of carbonyl (C=O) groups excluding carboxylic acids is 1. The van der Waals surface area contributed by atoms with Gasteiger partial charge >= 0.3 is 5.76 Å². The van der Waals surface area contributed by atoms with Crippen LogP contribution in [0.2, 0.25) is 0 Å². The molecule has 2 heterocycles. The second-order valence-electron chi connectivity index (χ2n) is 8.12. The van der Waals surface area contributed by atoms with Gasteiger partial charge in [-0.2, -0.15) is 17.4 Å². The number of hydrogen-bond acceptors (Lipinski definition) is 6. The van der Waals surface area contributed by atoms with Crippen molar-refractivity contribution >= 4 is 16.1 Å². The summed E-state index contributed by atoms with van der Waals surface area (Å²) in [7, 11) is -4.03. The zero-order chi connectivity index (χ0) is 23.6. The Morgan fingerprint density at radius 2 is 1.97 bits per heavy atom. The van der Waals surface area contributed by atoms with Gasteiger partial charge in [0.1, 0.15) is 11.9 Å². The highest BCUT2D eigenvalue weighted by Crippen LogP contribution is 2.35. The molecule has 1 aliphatic rings. The summed E-state index contributed by atoms with van der Waals surface area (Å²) >= 11 is 0. The molecule has 1 amide bonds. The number of nitrogens with zero attached hydrogens (tertiary/aromatic N) is 2. The van der Waals surface area contributed by atoms with Crippen molar-refractivity contribution in [3.63, 3.8) is 0 Å². The second-order valence-corrected chi connectivity index (χ2v) is 9.82. The minimum absolute atomic E-state index is 0.0953. The van der Waals surface area contributed by atoms with Crippen molar-refractivity contribution < 1.29 is 22.0 Å². The molecule has 1 aromatic heterocycles. The lowest BCUT2D eigenvalue weighted by Gasteiger charge is -2.33.